The van der Waals surface area contributed by atoms with Gasteiger partial charge < -0.3 is 20.3 Å². The van der Waals surface area contributed by atoms with Crippen molar-refractivity contribution in [3.8, 4) is 0 Å². The number of anilines is 1. The molecule has 0 unspecified atom stereocenters. The van der Waals surface area contributed by atoms with E-state index in [0.29, 0.717) is 30.3 Å². The third kappa shape index (κ3) is 5.08. The van der Waals surface area contributed by atoms with Crippen molar-refractivity contribution in [2.45, 2.75) is 19.4 Å². The Bertz CT molecular complexity index is 1080. The molecule has 13 heteroatoms. The summed E-state index contributed by atoms with van der Waals surface area (Å²) in [5, 5.41) is 12.9. The van der Waals surface area contributed by atoms with Crippen molar-refractivity contribution in [3.05, 3.63) is 32.5 Å². The van der Waals surface area contributed by atoms with Crippen molar-refractivity contribution < 1.29 is 23.1 Å². The lowest BCUT2D eigenvalue weighted by Crippen LogP contribution is -2.53. The molecule has 9 nitrogen and oxygen atoms in total. The molecule has 3 N–H and O–H groups in total. The number of thiazole rings is 1. The van der Waals surface area contributed by atoms with Crippen LogP contribution in [0.25, 0.3) is 0 Å². The molecule has 0 radical (unpaired) electrons. The minimum absolute atomic E-state index is 0.105. The number of sulfone groups is 1. The van der Waals surface area contributed by atoms with E-state index in [1.54, 1.807) is 6.92 Å². The van der Waals surface area contributed by atoms with Gasteiger partial charge in [0.05, 0.1) is 22.0 Å². The number of H-pyrrole nitrogens is 1. The highest BCUT2D eigenvalue weighted by atomic mass is 35.5. The molecular weight excluding hydrogens is 475 g/mol. The fourth-order valence-corrected chi connectivity index (χ4v) is 5.75. The number of carbonyl (C=O) groups is 2. The van der Waals surface area contributed by atoms with Crippen LogP contribution in [0.1, 0.15) is 32.3 Å². The topological polar surface area (TPSA) is 132 Å². The SMILES string of the molecule is Cc1[nH]c(C(=O)N[C@@H]2CCN(c3ncc(C(=O)O)s3)C[C@@H]2CS(C)(=O)=O)c(Cl)c1Cl. The van der Waals surface area contributed by atoms with Crippen LogP contribution in [-0.2, 0) is 9.84 Å². The molecule has 1 saturated heterocycles. The second-order valence-corrected chi connectivity index (χ2v) is 11.2. The maximum absolute atomic E-state index is 12.7. The molecule has 2 atom stereocenters. The minimum atomic E-state index is -3.33. The van der Waals surface area contributed by atoms with Gasteiger partial charge in [0.1, 0.15) is 20.4 Å². The zero-order valence-corrected chi connectivity index (χ0v) is 19.3. The van der Waals surface area contributed by atoms with Crippen molar-refractivity contribution in [2.24, 2.45) is 5.92 Å². The number of aromatic nitrogens is 2. The normalized spacial score (nSPS) is 19.7. The predicted octanol–water partition coefficient (Wildman–Crippen LogP) is 2.45. The maximum atomic E-state index is 12.7. The van der Waals surface area contributed by atoms with Crippen molar-refractivity contribution in [2.75, 3.05) is 30.0 Å². The number of nitrogens with zero attached hydrogens (tertiary/aromatic N) is 2. The number of halogens is 2. The van der Waals surface area contributed by atoms with E-state index in [1.165, 1.54) is 6.20 Å². The molecule has 0 aliphatic carbocycles. The van der Waals surface area contributed by atoms with Gasteiger partial charge in [0.15, 0.2) is 5.13 Å². The Labute approximate surface area is 187 Å². The first-order valence-electron chi connectivity index (χ1n) is 8.92. The highest BCUT2D eigenvalue weighted by Gasteiger charge is 2.34. The Hall–Kier alpha value is -1.82. The van der Waals surface area contributed by atoms with E-state index in [-0.39, 0.29) is 26.4 Å². The summed E-state index contributed by atoms with van der Waals surface area (Å²) in [5.41, 5.74) is 0.693. The van der Waals surface area contributed by atoms with Crippen molar-refractivity contribution in [3.63, 3.8) is 0 Å². The molecule has 0 saturated carbocycles. The number of nitrogens with one attached hydrogen (secondary N) is 2. The van der Waals surface area contributed by atoms with Crippen LogP contribution in [0, 0.1) is 12.8 Å². The van der Waals surface area contributed by atoms with E-state index in [2.05, 4.69) is 15.3 Å². The van der Waals surface area contributed by atoms with Crippen molar-refractivity contribution in [1.82, 2.24) is 15.3 Å². The maximum Gasteiger partial charge on any atom is 0.347 e. The number of hydrogen-bond acceptors (Lipinski definition) is 7. The summed E-state index contributed by atoms with van der Waals surface area (Å²) in [6.07, 6.45) is 2.88. The highest BCUT2D eigenvalue weighted by Crippen LogP contribution is 2.31. The molecule has 164 valence electrons. The second-order valence-electron chi connectivity index (χ2n) is 7.23. The minimum Gasteiger partial charge on any atom is -0.477 e. The number of aryl methyl sites for hydroxylation is 1. The van der Waals surface area contributed by atoms with Crippen molar-refractivity contribution in [1.29, 1.82) is 0 Å². The summed E-state index contributed by atoms with van der Waals surface area (Å²) in [6, 6.07) is -0.416. The van der Waals surface area contributed by atoms with Gasteiger partial charge in [0.2, 0.25) is 0 Å². The number of carboxylic acid groups (broad SMARTS) is 1. The Morgan fingerprint density at radius 2 is 2.10 bits per heavy atom. The molecular formula is C17H20Cl2N4O5S2. The lowest BCUT2D eigenvalue weighted by atomic mass is 9.93. The summed E-state index contributed by atoms with van der Waals surface area (Å²) >= 11 is 13.2. The number of hydrogen-bond donors (Lipinski definition) is 3. The number of amides is 1. The Morgan fingerprint density at radius 1 is 1.40 bits per heavy atom. The fourth-order valence-electron chi connectivity index (χ4n) is 3.43. The molecule has 3 rings (SSSR count). The molecule has 0 bridgehead atoms. The third-order valence-electron chi connectivity index (χ3n) is 4.82. The van der Waals surface area contributed by atoms with Gasteiger partial charge in [-0.1, -0.05) is 34.5 Å². The van der Waals surface area contributed by atoms with Gasteiger partial charge in [-0.25, -0.2) is 18.2 Å². The van der Waals surface area contributed by atoms with Crippen LogP contribution in [-0.4, -0.2) is 66.5 Å². The molecule has 1 aliphatic heterocycles. The van der Waals surface area contributed by atoms with Gasteiger partial charge >= 0.3 is 5.97 Å². The average molecular weight is 495 g/mol. The molecule has 0 aromatic carbocycles. The van der Waals surface area contributed by atoms with E-state index in [9.17, 15) is 18.0 Å². The Balaban J connectivity index is 1.79. The van der Waals surface area contributed by atoms with Gasteiger partial charge in [-0.05, 0) is 13.3 Å². The summed E-state index contributed by atoms with van der Waals surface area (Å²) in [4.78, 5) is 32.8. The van der Waals surface area contributed by atoms with E-state index < -0.39 is 33.7 Å². The number of carboxylic acids is 1. The zero-order valence-electron chi connectivity index (χ0n) is 16.1. The first-order chi connectivity index (χ1) is 14.0. The lowest BCUT2D eigenvalue weighted by Gasteiger charge is -2.38. The summed E-state index contributed by atoms with van der Waals surface area (Å²) in [5.74, 6) is -2.08. The quantitative estimate of drug-likeness (QED) is 0.561. The number of carbonyl (C=O) groups excluding carboxylic acids is 1. The third-order valence-corrected chi connectivity index (χ3v) is 7.85. The largest absolute Gasteiger partial charge is 0.477 e. The Morgan fingerprint density at radius 3 is 2.63 bits per heavy atom. The smallest absolute Gasteiger partial charge is 0.347 e. The fraction of sp³-hybridized carbons (Fsp3) is 0.471. The average Bonchev–Trinajstić information content (AvgIpc) is 3.23. The predicted molar refractivity (Wildman–Crippen MR) is 116 cm³/mol. The van der Waals surface area contributed by atoms with Crippen LogP contribution < -0.4 is 10.2 Å². The van der Waals surface area contributed by atoms with Gasteiger partial charge in [-0.3, -0.25) is 4.79 Å². The zero-order chi connectivity index (χ0) is 22.2. The van der Waals surface area contributed by atoms with Crippen LogP contribution in [0.3, 0.4) is 0 Å². The molecule has 2 aromatic heterocycles. The molecule has 1 aliphatic rings. The van der Waals surface area contributed by atoms with Crippen molar-refractivity contribution >= 4 is 61.4 Å². The highest BCUT2D eigenvalue weighted by molar-refractivity contribution is 7.90. The van der Waals surface area contributed by atoms with Crippen LogP contribution >= 0.6 is 34.5 Å². The monoisotopic (exact) mass is 494 g/mol. The Kier molecular flexibility index (Phi) is 6.66. The van der Waals surface area contributed by atoms with Gasteiger partial charge in [0.25, 0.3) is 5.91 Å². The summed E-state index contributed by atoms with van der Waals surface area (Å²) in [7, 11) is -3.33. The summed E-state index contributed by atoms with van der Waals surface area (Å²) < 4.78 is 23.9. The summed E-state index contributed by atoms with van der Waals surface area (Å²) in [6.45, 7) is 2.48. The number of rotatable bonds is 6. The van der Waals surface area contributed by atoms with Crippen LogP contribution in [0.4, 0.5) is 5.13 Å². The van der Waals surface area contributed by atoms with Gasteiger partial charge in [-0.2, -0.15) is 0 Å². The van der Waals surface area contributed by atoms with E-state index >= 15 is 0 Å². The first kappa shape index (κ1) is 22.9. The molecule has 30 heavy (non-hydrogen) atoms. The molecule has 3 heterocycles. The van der Waals surface area contributed by atoms with Gasteiger partial charge in [-0.15, -0.1) is 0 Å². The molecule has 2 aromatic rings. The first-order valence-corrected chi connectivity index (χ1v) is 12.6. The molecule has 1 fully saturated rings. The number of aromatic carboxylic acids is 1. The number of piperidine rings is 1. The standard InChI is InChI=1S/C17H20Cl2N4O5S2/c1-8-12(18)13(19)14(21-8)15(24)22-10-3-4-23(6-9(10)7-30(2,27)28)17-20-5-11(29-17)16(25)26/h5,9-10,21H,3-4,6-7H2,1-2H3,(H,22,24)(H,25,26)/t9-,10-/m1/s1. The second kappa shape index (κ2) is 8.74. The van der Waals surface area contributed by atoms with Crippen LogP contribution in [0.2, 0.25) is 10.0 Å². The van der Waals surface area contributed by atoms with Gasteiger partial charge in [0, 0.05) is 37.0 Å². The molecule has 1 amide bonds. The number of aromatic amines is 1. The van der Waals surface area contributed by atoms with E-state index in [4.69, 9.17) is 28.3 Å². The van der Waals surface area contributed by atoms with E-state index in [1.807, 2.05) is 4.90 Å². The van der Waals surface area contributed by atoms with E-state index in [0.717, 1.165) is 17.6 Å². The van der Waals surface area contributed by atoms with Crippen LogP contribution in [0.15, 0.2) is 6.20 Å². The van der Waals surface area contributed by atoms with Crippen LogP contribution in [0.5, 0.6) is 0 Å². The lowest BCUT2D eigenvalue weighted by molar-refractivity contribution is 0.0701. The molecule has 0 spiro atoms.